The summed E-state index contributed by atoms with van der Waals surface area (Å²) in [6.45, 7) is 3.80. The molecule has 4 aromatic rings. The molecule has 0 aliphatic carbocycles. The molecular weight excluding hydrogens is 461 g/mol. The summed E-state index contributed by atoms with van der Waals surface area (Å²) in [5.74, 6) is -0.870. The van der Waals surface area contributed by atoms with E-state index in [0.29, 0.717) is 26.8 Å². The number of hydrogen-bond donors (Lipinski definition) is 1. The number of para-hydroxylation sites is 1. The van der Waals surface area contributed by atoms with Crippen LogP contribution in [0, 0.1) is 12.7 Å². The van der Waals surface area contributed by atoms with E-state index in [1.807, 2.05) is 80.4 Å². The molecule has 176 valence electrons. The topological polar surface area (TPSA) is 59.3 Å². The second-order valence-corrected chi connectivity index (χ2v) is 9.51. The summed E-state index contributed by atoms with van der Waals surface area (Å²) >= 11 is 1.39. The number of hydrogen-bond acceptors (Lipinski definition) is 4. The first-order valence-corrected chi connectivity index (χ1v) is 12.1. The minimum atomic E-state index is -0.702. The first-order valence-electron chi connectivity index (χ1n) is 11.2. The lowest BCUT2D eigenvalue weighted by Gasteiger charge is -2.30. The number of thiazole rings is 1. The number of carbonyl (C=O) groups is 1. The van der Waals surface area contributed by atoms with E-state index in [-0.39, 0.29) is 17.6 Å². The van der Waals surface area contributed by atoms with E-state index in [2.05, 4.69) is 5.32 Å². The Morgan fingerprint density at radius 1 is 1.00 bits per heavy atom. The maximum atomic E-state index is 13.8. The molecule has 5 nitrogen and oxygen atoms in total. The summed E-state index contributed by atoms with van der Waals surface area (Å²) in [7, 11) is 1.85. The van der Waals surface area contributed by atoms with Crippen LogP contribution in [0.25, 0.3) is 10.4 Å². The number of aromatic nitrogens is 1. The Labute approximate surface area is 207 Å². The molecule has 5 rings (SSSR count). The summed E-state index contributed by atoms with van der Waals surface area (Å²) in [6, 6.07) is 22.3. The second-order valence-electron chi connectivity index (χ2n) is 8.54. The van der Waals surface area contributed by atoms with Gasteiger partial charge in [0.25, 0.3) is 5.91 Å². The number of amides is 1. The quantitative estimate of drug-likeness (QED) is 0.406. The summed E-state index contributed by atoms with van der Waals surface area (Å²) in [5.41, 5.74) is 4.28. The van der Waals surface area contributed by atoms with Gasteiger partial charge in [-0.2, -0.15) is 0 Å². The number of carbonyl (C=O) groups excluding carboxylic acids is 1. The van der Waals surface area contributed by atoms with Crippen molar-refractivity contribution in [2.24, 2.45) is 0 Å². The van der Waals surface area contributed by atoms with Crippen LogP contribution in [0.1, 0.15) is 24.1 Å². The zero-order valence-corrected chi connectivity index (χ0v) is 20.4. The second kappa shape index (κ2) is 9.00. The van der Waals surface area contributed by atoms with Crippen LogP contribution in [0.2, 0.25) is 0 Å². The zero-order valence-electron chi connectivity index (χ0n) is 19.6. The Morgan fingerprint density at radius 2 is 1.66 bits per heavy atom. The first-order chi connectivity index (χ1) is 16.9. The lowest BCUT2D eigenvalue weighted by Crippen LogP contribution is -2.52. The fourth-order valence-corrected chi connectivity index (χ4v) is 5.60. The number of anilines is 2. The molecule has 0 bridgehead atoms. The zero-order chi connectivity index (χ0) is 24.7. The number of rotatable bonds is 4. The number of allylic oxidation sites excluding steroid dienone is 1. The van der Waals surface area contributed by atoms with Gasteiger partial charge in [-0.25, -0.2) is 13.9 Å². The predicted octanol–water partition coefficient (Wildman–Crippen LogP) is 5.18. The molecule has 0 radical (unpaired) electrons. The molecule has 1 unspecified atom stereocenters. The Kier molecular flexibility index (Phi) is 5.86. The van der Waals surface area contributed by atoms with Crippen LogP contribution in [-0.2, 0) is 4.79 Å². The van der Waals surface area contributed by atoms with Crippen LogP contribution in [0.4, 0.5) is 15.2 Å². The molecule has 35 heavy (non-hydrogen) atoms. The van der Waals surface area contributed by atoms with E-state index in [0.717, 1.165) is 16.8 Å². The van der Waals surface area contributed by atoms with Crippen LogP contribution in [0.5, 0.6) is 5.88 Å². The van der Waals surface area contributed by atoms with E-state index >= 15 is 0 Å². The molecule has 0 saturated heterocycles. The average molecular weight is 486 g/mol. The van der Waals surface area contributed by atoms with Crippen molar-refractivity contribution in [1.29, 1.82) is 0 Å². The van der Waals surface area contributed by atoms with Crippen LogP contribution in [0.15, 0.2) is 90.1 Å². The van der Waals surface area contributed by atoms with Crippen molar-refractivity contribution >= 4 is 28.1 Å². The van der Waals surface area contributed by atoms with Crippen molar-refractivity contribution in [3.05, 3.63) is 107 Å². The maximum Gasteiger partial charge on any atom is 0.341 e. The highest BCUT2D eigenvalue weighted by molar-refractivity contribution is 7.18. The number of aryl methyl sites for hydroxylation is 1. The SMILES string of the molecule is CC1=C(C(=O)Nc2ccccc2C)C(c2ccc(F)cc2)[n+]2c(sc(-c3ccccc3)c2[O-])N1C. The fraction of sp³-hybridized carbons (Fsp3) is 0.143. The molecule has 3 aromatic carbocycles. The van der Waals surface area contributed by atoms with Crippen molar-refractivity contribution < 1.29 is 18.9 Å². The Morgan fingerprint density at radius 3 is 2.34 bits per heavy atom. The van der Waals surface area contributed by atoms with Gasteiger partial charge in [-0.15, -0.1) is 0 Å². The van der Waals surface area contributed by atoms with Crippen molar-refractivity contribution in [3.63, 3.8) is 0 Å². The first kappa shape index (κ1) is 22.8. The highest BCUT2D eigenvalue weighted by atomic mass is 32.1. The van der Waals surface area contributed by atoms with Crippen LogP contribution >= 0.6 is 11.3 Å². The Bertz CT molecular complexity index is 1450. The number of nitrogens with one attached hydrogen (secondary N) is 1. The Balaban J connectivity index is 1.69. The summed E-state index contributed by atoms with van der Waals surface area (Å²) in [6.07, 6.45) is 0. The van der Waals surface area contributed by atoms with Crippen molar-refractivity contribution in [3.8, 4) is 16.3 Å². The van der Waals surface area contributed by atoms with Gasteiger partial charge in [0.05, 0.1) is 17.8 Å². The smallest absolute Gasteiger partial charge is 0.341 e. The van der Waals surface area contributed by atoms with Gasteiger partial charge in [-0.1, -0.05) is 60.7 Å². The molecule has 1 amide bonds. The van der Waals surface area contributed by atoms with Gasteiger partial charge in [0.15, 0.2) is 6.04 Å². The minimum Gasteiger partial charge on any atom is -0.841 e. The van der Waals surface area contributed by atoms with Gasteiger partial charge >= 0.3 is 5.13 Å². The number of fused-ring (bicyclic) bond motifs is 1. The predicted molar refractivity (Wildman–Crippen MR) is 135 cm³/mol. The van der Waals surface area contributed by atoms with E-state index in [1.54, 1.807) is 16.7 Å². The number of benzene rings is 3. The molecule has 1 aromatic heterocycles. The molecule has 7 heteroatoms. The van der Waals surface area contributed by atoms with Gasteiger partial charge in [-0.3, -0.25) is 4.79 Å². The normalized spacial score (nSPS) is 15.2. The summed E-state index contributed by atoms with van der Waals surface area (Å²) in [4.78, 5) is 16.2. The largest absolute Gasteiger partial charge is 0.841 e. The Hall–Kier alpha value is -3.97. The van der Waals surface area contributed by atoms with Gasteiger partial charge in [0.2, 0.25) is 0 Å². The van der Waals surface area contributed by atoms with Crippen LogP contribution in [-0.4, -0.2) is 13.0 Å². The van der Waals surface area contributed by atoms with Gasteiger partial charge < -0.3 is 10.4 Å². The number of halogens is 1. The fourth-order valence-electron chi connectivity index (χ4n) is 4.41. The molecule has 1 atom stereocenters. The third-order valence-corrected chi connectivity index (χ3v) is 7.65. The lowest BCUT2D eigenvalue weighted by atomic mass is 9.94. The monoisotopic (exact) mass is 485 g/mol. The van der Waals surface area contributed by atoms with Crippen molar-refractivity contribution in [2.45, 2.75) is 19.9 Å². The molecule has 1 aliphatic heterocycles. The molecule has 0 spiro atoms. The van der Waals surface area contributed by atoms with E-state index in [9.17, 15) is 14.3 Å². The maximum absolute atomic E-state index is 13.8. The van der Waals surface area contributed by atoms with Gasteiger partial charge in [0.1, 0.15) is 17.1 Å². The molecule has 0 saturated carbocycles. The van der Waals surface area contributed by atoms with Gasteiger partial charge in [0, 0.05) is 11.3 Å². The number of nitrogens with zero attached hydrogens (tertiary/aromatic N) is 2. The average Bonchev–Trinajstić information content (AvgIpc) is 3.21. The van der Waals surface area contributed by atoms with Crippen molar-refractivity contribution in [2.75, 3.05) is 17.3 Å². The molecule has 2 heterocycles. The molecule has 0 fully saturated rings. The van der Waals surface area contributed by atoms with E-state index in [4.69, 9.17) is 0 Å². The third kappa shape index (κ3) is 3.98. The summed E-state index contributed by atoms with van der Waals surface area (Å²) in [5, 5.41) is 17.6. The summed E-state index contributed by atoms with van der Waals surface area (Å²) < 4.78 is 15.5. The standard InChI is InChI=1S/C28H24FN3O2S/c1-17-9-7-8-12-22(17)30-26(33)23-18(2)31(3)28-32(24(23)19-13-15-21(29)16-14-19)27(34)25(35-28)20-10-5-4-6-11-20/h4-16,24H,1-3H3,(H-,30,33,34). The molecular formula is C28H24FN3O2S. The lowest BCUT2D eigenvalue weighted by molar-refractivity contribution is -0.728. The highest BCUT2D eigenvalue weighted by Gasteiger charge is 2.43. The van der Waals surface area contributed by atoms with E-state index < -0.39 is 6.04 Å². The molecule has 1 N–H and O–H groups in total. The van der Waals surface area contributed by atoms with E-state index in [1.165, 1.54) is 23.5 Å². The minimum absolute atomic E-state index is 0.189. The molecule has 1 aliphatic rings. The van der Waals surface area contributed by atoms with Crippen LogP contribution < -0.4 is 19.9 Å². The highest BCUT2D eigenvalue weighted by Crippen LogP contribution is 2.43. The third-order valence-electron chi connectivity index (χ3n) is 6.38. The van der Waals surface area contributed by atoms with Crippen molar-refractivity contribution in [1.82, 2.24) is 0 Å². The van der Waals surface area contributed by atoms with Crippen LogP contribution in [0.3, 0.4) is 0 Å². The van der Waals surface area contributed by atoms with Gasteiger partial charge in [-0.05, 0) is 54.5 Å².